The molecular formula is C19H21FN2O4S. The Morgan fingerprint density at radius 2 is 1.67 bits per heavy atom. The van der Waals surface area contributed by atoms with E-state index in [0.29, 0.717) is 37.4 Å². The molecule has 1 fully saturated rings. The van der Waals surface area contributed by atoms with Crippen LogP contribution in [0.25, 0.3) is 0 Å². The quantitative estimate of drug-likeness (QED) is 0.848. The van der Waals surface area contributed by atoms with E-state index < -0.39 is 15.8 Å². The van der Waals surface area contributed by atoms with E-state index in [0.717, 1.165) is 12.1 Å². The van der Waals surface area contributed by atoms with Gasteiger partial charge in [-0.15, -0.1) is 0 Å². The molecule has 6 nitrogen and oxygen atoms in total. The molecule has 0 unspecified atom stereocenters. The lowest BCUT2D eigenvalue weighted by atomic mass is 10.1. The van der Waals surface area contributed by atoms with E-state index in [-0.39, 0.29) is 16.8 Å². The summed E-state index contributed by atoms with van der Waals surface area (Å²) in [5.41, 5.74) is 1.07. The molecule has 2 aromatic rings. The highest BCUT2D eigenvalue weighted by molar-refractivity contribution is 7.92. The zero-order valence-corrected chi connectivity index (χ0v) is 15.7. The molecule has 1 aliphatic rings. The lowest BCUT2D eigenvalue weighted by Gasteiger charge is -2.35. The fourth-order valence-corrected chi connectivity index (χ4v) is 4.79. The van der Waals surface area contributed by atoms with Gasteiger partial charge in [0.25, 0.3) is 10.0 Å². The van der Waals surface area contributed by atoms with E-state index >= 15 is 0 Å². The number of rotatable bonds is 5. The van der Waals surface area contributed by atoms with Gasteiger partial charge in [-0.1, -0.05) is 0 Å². The molecule has 0 spiro atoms. The number of amides is 1. The van der Waals surface area contributed by atoms with Crippen molar-refractivity contribution in [2.75, 3.05) is 22.8 Å². The summed E-state index contributed by atoms with van der Waals surface area (Å²) in [4.78, 5) is 11.2. The van der Waals surface area contributed by atoms with Gasteiger partial charge in [0.1, 0.15) is 5.82 Å². The highest BCUT2D eigenvalue weighted by atomic mass is 32.2. The van der Waals surface area contributed by atoms with E-state index in [9.17, 15) is 17.6 Å². The van der Waals surface area contributed by atoms with Gasteiger partial charge in [-0.25, -0.2) is 12.8 Å². The molecule has 1 aliphatic heterocycles. The largest absolute Gasteiger partial charge is 0.381 e. The molecule has 3 rings (SSSR count). The van der Waals surface area contributed by atoms with Crippen LogP contribution in [0.1, 0.15) is 19.8 Å². The molecule has 0 bridgehead atoms. The van der Waals surface area contributed by atoms with Crippen molar-refractivity contribution in [3.8, 4) is 0 Å². The number of carbonyl (C=O) groups is 1. The molecule has 1 amide bonds. The molecular weight excluding hydrogens is 371 g/mol. The molecule has 27 heavy (non-hydrogen) atoms. The first-order valence-corrected chi connectivity index (χ1v) is 10.1. The Morgan fingerprint density at radius 1 is 1.07 bits per heavy atom. The summed E-state index contributed by atoms with van der Waals surface area (Å²) in [5.74, 6) is -0.700. The minimum absolute atomic E-state index is 0.0290. The van der Waals surface area contributed by atoms with Crippen LogP contribution < -0.4 is 9.62 Å². The number of benzene rings is 2. The van der Waals surface area contributed by atoms with Gasteiger partial charge in [0.2, 0.25) is 5.91 Å². The zero-order chi connectivity index (χ0) is 19.4. The van der Waals surface area contributed by atoms with Crippen molar-refractivity contribution in [2.24, 2.45) is 0 Å². The van der Waals surface area contributed by atoms with Crippen molar-refractivity contribution in [3.05, 3.63) is 54.3 Å². The normalized spacial score (nSPS) is 15.3. The van der Waals surface area contributed by atoms with E-state index in [4.69, 9.17) is 4.74 Å². The van der Waals surface area contributed by atoms with Crippen LogP contribution in [-0.4, -0.2) is 33.6 Å². The van der Waals surface area contributed by atoms with Crippen LogP contribution >= 0.6 is 0 Å². The first-order chi connectivity index (χ1) is 12.9. The second-order valence-electron chi connectivity index (χ2n) is 6.33. The highest BCUT2D eigenvalue weighted by Crippen LogP contribution is 2.31. The predicted octanol–water partition coefficient (Wildman–Crippen LogP) is 3.16. The number of sulfonamides is 1. The number of halogens is 1. The molecule has 1 saturated heterocycles. The summed E-state index contributed by atoms with van der Waals surface area (Å²) in [6.07, 6.45) is 1.13. The number of nitrogens with zero attached hydrogens (tertiary/aromatic N) is 1. The smallest absolute Gasteiger partial charge is 0.264 e. The van der Waals surface area contributed by atoms with Gasteiger partial charge in [0, 0.05) is 31.9 Å². The van der Waals surface area contributed by atoms with Crippen LogP contribution in [0.5, 0.6) is 0 Å². The summed E-state index contributed by atoms with van der Waals surface area (Å²) in [6, 6.07) is 11.2. The number of ether oxygens (including phenoxy) is 1. The highest BCUT2D eigenvalue weighted by Gasteiger charge is 2.33. The van der Waals surface area contributed by atoms with Gasteiger partial charge in [-0.05, 0) is 61.4 Å². The van der Waals surface area contributed by atoms with E-state index in [1.54, 1.807) is 24.3 Å². The van der Waals surface area contributed by atoms with Crippen molar-refractivity contribution in [2.45, 2.75) is 30.7 Å². The van der Waals surface area contributed by atoms with Crippen molar-refractivity contribution < 1.29 is 22.3 Å². The summed E-state index contributed by atoms with van der Waals surface area (Å²) >= 11 is 0. The fourth-order valence-electron chi connectivity index (χ4n) is 3.08. The molecule has 0 aromatic heterocycles. The molecule has 0 aliphatic carbocycles. The zero-order valence-electron chi connectivity index (χ0n) is 14.9. The standard InChI is InChI=1S/C19H21FN2O4S/c1-14(23)21-16-4-6-17(7-5-16)22(18-10-12-26-13-11-18)27(24,25)19-8-2-15(20)3-9-19/h2-9,18H,10-13H2,1H3,(H,21,23). The average molecular weight is 392 g/mol. The van der Waals surface area contributed by atoms with E-state index in [2.05, 4.69) is 5.32 Å². The van der Waals surface area contributed by atoms with Crippen molar-refractivity contribution in [3.63, 3.8) is 0 Å². The Hall–Kier alpha value is -2.45. The third-order valence-corrected chi connectivity index (χ3v) is 6.23. The molecule has 1 heterocycles. The SMILES string of the molecule is CC(=O)Nc1ccc(N(C2CCOCC2)S(=O)(=O)c2ccc(F)cc2)cc1. The van der Waals surface area contributed by atoms with Gasteiger partial charge in [0.15, 0.2) is 0 Å². The maximum atomic E-state index is 13.3. The average Bonchev–Trinajstić information content (AvgIpc) is 2.64. The summed E-state index contributed by atoms with van der Waals surface area (Å²) in [6.45, 7) is 2.36. The Morgan fingerprint density at radius 3 is 2.22 bits per heavy atom. The van der Waals surface area contributed by atoms with Crippen molar-refractivity contribution >= 4 is 27.3 Å². The maximum absolute atomic E-state index is 13.3. The minimum atomic E-state index is -3.88. The van der Waals surface area contributed by atoms with Crippen LogP contribution in [0.2, 0.25) is 0 Å². The molecule has 2 aromatic carbocycles. The van der Waals surface area contributed by atoms with E-state index in [1.165, 1.54) is 23.4 Å². The lowest BCUT2D eigenvalue weighted by molar-refractivity contribution is -0.114. The second-order valence-corrected chi connectivity index (χ2v) is 8.14. The third-order valence-electron chi connectivity index (χ3n) is 4.34. The molecule has 0 atom stereocenters. The second kappa shape index (κ2) is 8.06. The Labute approximate surface area is 158 Å². The van der Waals surface area contributed by atoms with Gasteiger partial charge >= 0.3 is 0 Å². The maximum Gasteiger partial charge on any atom is 0.264 e. The molecule has 8 heteroatoms. The van der Waals surface area contributed by atoms with Crippen molar-refractivity contribution in [1.82, 2.24) is 0 Å². The van der Waals surface area contributed by atoms with Crippen LogP contribution in [0.3, 0.4) is 0 Å². The molecule has 0 radical (unpaired) electrons. The Bertz CT molecular complexity index is 892. The topological polar surface area (TPSA) is 75.7 Å². The van der Waals surface area contributed by atoms with Crippen LogP contribution in [0.15, 0.2) is 53.4 Å². The number of nitrogens with one attached hydrogen (secondary N) is 1. The van der Waals surface area contributed by atoms with Gasteiger partial charge < -0.3 is 10.1 Å². The third kappa shape index (κ3) is 4.45. The first-order valence-electron chi connectivity index (χ1n) is 8.63. The Kier molecular flexibility index (Phi) is 5.76. The fraction of sp³-hybridized carbons (Fsp3) is 0.316. The number of hydrogen-bond acceptors (Lipinski definition) is 4. The lowest BCUT2D eigenvalue weighted by Crippen LogP contribution is -2.43. The van der Waals surface area contributed by atoms with Crippen molar-refractivity contribution in [1.29, 1.82) is 0 Å². The van der Waals surface area contributed by atoms with Crippen LogP contribution in [0.4, 0.5) is 15.8 Å². The van der Waals surface area contributed by atoms with Gasteiger partial charge in [-0.3, -0.25) is 9.10 Å². The summed E-state index contributed by atoms with van der Waals surface area (Å²) in [7, 11) is -3.88. The Balaban J connectivity index is 2.00. The minimum Gasteiger partial charge on any atom is -0.381 e. The summed E-state index contributed by atoms with van der Waals surface area (Å²) < 4.78 is 46.6. The number of anilines is 2. The first kappa shape index (κ1) is 19.3. The van der Waals surface area contributed by atoms with Gasteiger partial charge in [0.05, 0.1) is 10.6 Å². The summed E-state index contributed by atoms with van der Waals surface area (Å²) in [5, 5.41) is 2.66. The van der Waals surface area contributed by atoms with E-state index in [1.807, 2.05) is 0 Å². The number of carbonyl (C=O) groups excluding carboxylic acids is 1. The molecule has 144 valence electrons. The predicted molar refractivity (Wildman–Crippen MR) is 101 cm³/mol. The molecule has 0 saturated carbocycles. The van der Waals surface area contributed by atoms with Gasteiger partial charge in [-0.2, -0.15) is 0 Å². The van der Waals surface area contributed by atoms with Crippen LogP contribution in [0, 0.1) is 5.82 Å². The molecule has 1 N–H and O–H groups in total. The number of hydrogen-bond donors (Lipinski definition) is 1. The van der Waals surface area contributed by atoms with Crippen LogP contribution in [-0.2, 0) is 19.6 Å². The monoisotopic (exact) mass is 392 g/mol.